The Hall–Kier alpha value is -1.77. The summed E-state index contributed by atoms with van der Waals surface area (Å²) >= 11 is 0. The van der Waals surface area contributed by atoms with Crippen LogP contribution in [0.2, 0.25) is 0 Å². The molecule has 0 unspecified atom stereocenters. The first-order valence-electron chi connectivity index (χ1n) is 5.62. The molecule has 2 nitrogen and oxygen atoms in total. The van der Waals surface area contributed by atoms with E-state index in [0.717, 1.165) is 0 Å². The number of aromatic hydroxyl groups is 1. The molecular weight excluding hydrogens is 219 g/mol. The quantitative estimate of drug-likeness (QED) is 0.871. The van der Waals surface area contributed by atoms with Gasteiger partial charge in [-0.3, -0.25) is 0 Å². The predicted molar refractivity (Wildman–Crippen MR) is 64.3 cm³/mol. The van der Waals surface area contributed by atoms with Gasteiger partial charge in [0.05, 0.1) is 12.5 Å². The van der Waals surface area contributed by atoms with Gasteiger partial charge in [-0.15, -0.1) is 0 Å². The van der Waals surface area contributed by atoms with Crippen LogP contribution in [0.3, 0.4) is 0 Å². The monoisotopic (exact) mass is 234 g/mol. The minimum atomic E-state index is -0.285. The third-order valence-electron chi connectivity index (χ3n) is 2.63. The molecule has 0 saturated heterocycles. The SMILES string of the molecule is CC(C)Cc1cc(O)c(-c2ccoc2)cc1F. The Labute approximate surface area is 99.7 Å². The van der Waals surface area contributed by atoms with Crippen molar-refractivity contribution in [3.63, 3.8) is 0 Å². The molecule has 0 fully saturated rings. The van der Waals surface area contributed by atoms with E-state index in [4.69, 9.17) is 4.42 Å². The zero-order chi connectivity index (χ0) is 12.4. The van der Waals surface area contributed by atoms with Gasteiger partial charge in [-0.25, -0.2) is 4.39 Å². The number of hydrogen-bond acceptors (Lipinski definition) is 2. The smallest absolute Gasteiger partial charge is 0.127 e. The fraction of sp³-hybridized carbons (Fsp3) is 0.286. The van der Waals surface area contributed by atoms with Crippen LogP contribution in [0.4, 0.5) is 4.39 Å². The maximum atomic E-state index is 13.8. The van der Waals surface area contributed by atoms with E-state index in [1.54, 1.807) is 6.07 Å². The van der Waals surface area contributed by atoms with E-state index in [9.17, 15) is 9.50 Å². The molecular formula is C14H15FO2. The Bertz CT molecular complexity index is 501. The van der Waals surface area contributed by atoms with Crippen LogP contribution >= 0.6 is 0 Å². The molecule has 0 amide bonds. The van der Waals surface area contributed by atoms with E-state index in [1.807, 2.05) is 13.8 Å². The van der Waals surface area contributed by atoms with Crippen molar-refractivity contribution in [2.24, 2.45) is 5.92 Å². The fourth-order valence-corrected chi connectivity index (χ4v) is 1.85. The normalized spacial score (nSPS) is 11.1. The Morgan fingerprint density at radius 2 is 2.12 bits per heavy atom. The summed E-state index contributed by atoms with van der Waals surface area (Å²) in [4.78, 5) is 0. The summed E-state index contributed by atoms with van der Waals surface area (Å²) in [6, 6.07) is 4.55. The maximum absolute atomic E-state index is 13.8. The molecule has 1 aromatic carbocycles. The van der Waals surface area contributed by atoms with E-state index < -0.39 is 0 Å². The summed E-state index contributed by atoms with van der Waals surface area (Å²) in [6.07, 6.45) is 3.59. The highest BCUT2D eigenvalue weighted by atomic mass is 19.1. The molecule has 2 rings (SSSR count). The van der Waals surface area contributed by atoms with Crippen molar-refractivity contribution < 1.29 is 13.9 Å². The van der Waals surface area contributed by atoms with Crippen LogP contribution in [0, 0.1) is 11.7 Å². The standard InChI is InChI=1S/C14H15FO2/c1-9(2)5-11-6-14(16)12(7-13(11)15)10-3-4-17-8-10/h3-4,6-9,16H,5H2,1-2H3. The number of hydrogen-bond donors (Lipinski definition) is 1. The number of benzene rings is 1. The van der Waals surface area contributed by atoms with E-state index in [-0.39, 0.29) is 11.6 Å². The molecule has 0 atom stereocenters. The lowest BCUT2D eigenvalue weighted by Crippen LogP contribution is -1.98. The molecule has 0 saturated carbocycles. The molecule has 3 heteroatoms. The van der Waals surface area contributed by atoms with Crippen LogP contribution in [0.5, 0.6) is 5.75 Å². The summed E-state index contributed by atoms with van der Waals surface area (Å²) in [6.45, 7) is 4.03. The summed E-state index contributed by atoms with van der Waals surface area (Å²) in [7, 11) is 0. The van der Waals surface area contributed by atoms with E-state index in [2.05, 4.69) is 0 Å². The van der Waals surface area contributed by atoms with Crippen LogP contribution in [0.1, 0.15) is 19.4 Å². The van der Waals surface area contributed by atoms with Crippen LogP contribution < -0.4 is 0 Å². The highest BCUT2D eigenvalue weighted by Crippen LogP contribution is 2.32. The van der Waals surface area contributed by atoms with Crippen molar-refractivity contribution >= 4 is 0 Å². The van der Waals surface area contributed by atoms with Gasteiger partial charge in [-0.05, 0) is 36.1 Å². The summed E-state index contributed by atoms with van der Waals surface area (Å²) < 4.78 is 18.8. The van der Waals surface area contributed by atoms with Crippen molar-refractivity contribution in [3.05, 3.63) is 42.1 Å². The number of halogens is 1. The predicted octanol–water partition coefficient (Wildman–Crippen LogP) is 3.99. The average molecular weight is 234 g/mol. The van der Waals surface area contributed by atoms with Gasteiger partial charge in [-0.1, -0.05) is 13.8 Å². The Balaban J connectivity index is 2.42. The van der Waals surface area contributed by atoms with Crippen LogP contribution in [-0.2, 0) is 6.42 Å². The molecule has 0 radical (unpaired) electrons. The molecule has 0 aliphatic rings. The van der Waals surface area contributed by atoms with Gasteiger partial charge in [0.15, 0.2) is 0 Å². The van der Waals surface area contributed by atoms with Crippen molar-refractivity contribution in [1.82, 2.24) is 0 Å². The first kappa shape index (κ1) is 11.7. The van der Waals surface area contributed by atoms with Gasteiger partial charge >= 0.3 is 0 Å². The van der Waals surface area contributed by atoms with Gasteiger partial charge in [-0.2, -0.15) is 0 Å². The molecule has 1 heterocycles. The van der Waals surface area contributed by atoms with Gasteiger partial charge in [0.1, 0.15) is 11.6 Å². The second-order valence-electron chi connectivity index (χ2n) is 4.57. The highest BCUT2D eigenvalue weighted by molar-refractivity contribution is 5.69. The zero-order valence-electron chi connectivity index (χ0n) is 9.90. The van der Waals surface area contributed by atoms with Crippen LogP contribution in [0.25, 0.3) is 11.1 Å². The molecule has 0 bridgehead atoms. The molecule has 90 valence electrons. The van der Waals surface area contributed by atoms with E-state index >= 15 is 0 Å². The van der Waals surface area contributed by atoms with Crippen LogP contribution in [-0.4, -0.2) is 5.11 Å². The lowest BCUT2D eigenvalue weighted by molar-refractivity contribution is 0.471. The first-order valence-corrected chi connectivity index (χ1v) is 5.62. The third kappa shape index (κ3) is 2.49. The molecule has 1 aromatic heterocycles. The number of rotatable bonds is 3. The van der Waals surface area contributed by atoms with Gasteiger partial charge < -0.3 is 9.52 Å². The second kappa shape index (κ2) is 4.62. The summed E-state index contributed by atoms with van der Waals surface area (Å²) in [5.74, 6) is 0.153. The molecule has 1 N–H and O–H groups in total. The number of phenolic OH excluding ortho intramolecular Hbond substituents is 1. The van der Waals surface area contributed by atoms with Gasteiger partial charge in [0, 0.05) is 11.1 Å². The van der Waals surface area contributed by atoms with E-state index in [0.29, 0.717) is 29.0 Å². The van der Waals surface area contributed by atoms with Crippen molar-refractivity contribution in [3.8, 4) is 16.9 Å². The molecule has 17 heavy (non-hydrogen) atoms. The summed E-state index contributed by atoms with van der Waals surface area (Å²) in [5.41, 5.74) is 1.69. The lowest BCUT2D eigenvalue weighted by atomic mass is 9.98. The summed E-state index contributed by atoms with van der Waals surface area (Å²) in [5, 5.41) is 9.89. The molecule has 0 aliphatic carbocycles. The first-order chi connectivity index (χ1) is 8.08. The highest BCUT2D eigenvalue weighted by Gasteiger charge is 2.12. The van der Waals surface area contributed by atoms with Crippen molar-refractivity contribution in [1.29, 1.82) is 0 Å². The maximum Gasteiger partial charge on any atom is 0.127 e. The lowest BCUT2D eigenvalue weighted by Gasteiger charge is -2.09. The Kier molecular flexibility index (Phi) is 3.18. The van der Waals surface area contributed by atoms with Crippen LogP contribution in [0.15, 0.2) is 35.1 Å². The average Bonchev–Trinajstić information content (AvgIpc) is 2.75. The third-order valence-corrected chi connectivity index (χ3v) is 2.63. The number of phenols is 1. The van der Waals surface area contributed by atoms with Crippen molar-refractivity contribution in [2.45, 2.75) is 20.3 Å². The van der Waals surface area contributed by atoms with E-state index in [1.165, 1.54) is 24.7 Å². The van der Waals surface area contributed by atoms with Crippen molar-refractivity contribution in [2.75, 3.05) is 0 Å². The minimum absolute atomic E-state index is 0.0865. The zero-order valence-corrected chi connectivity index (χ0v) is 9.90. The largest absolute Gasteiger partial charge is 0.507 e. The molecule has 2 aromatic rings. The Morgan fingerprint density at radius 1 is 1.35 bits per heavy atom. The Morgan fingerprint density at radius 3 is 2.71 bits per heavy atom. The van der Waals surface area contributed by atoms with Gasteiger partial charge in [0.25, 0.3) is 0 Å². The fourth-order valence-electron chi connectivity index (χ4n) is 1.85. The molecule has 0 spiro atoms. The minimum Gasteiger partial charge on any atom is -0.507 e. The second-order valence-corrected chi connectivity index (χ2v) is 4.57. The number of furan rings is 1. The molecule has 0 aliphatic heterocycles. The topological polar surface area (TPSA) is 33.4 Å². The van der Waals surface area contributed by atoms with Gasteiger partial charge in [0.2, 0.25) is 0 Å².